The molecule has 0 aliphatic carbocycles. The fourth-order valence-corrected chi connectivity index (χ4v) is 4.74. The van der Waals surface area contributed by atoms with Crippen molar-refractivity contribution in [3.8, 4) is 0 Å². The number of hydrogen-bond acceptors (Lipinski definition) is 4. The van der Waals surface area contributed by atoms with Crippen LogP contribution in [0.3, 0.4) is 0 Å². The van der Waals surface area contributed by atoms with Gasteiger partial charge in [-0.1, -0.05) is 65.0 Å². The van der Waals surface area contributed by atoms with E-state index in [1.165, 1.54) is 31.3 Å². The summed E-state index contributed by atoms with van der Waals surface area (Å²) >= 11 is 0. The average Bonchev–Trinajstić information content (AvgIpc) is 2.51. The van der Waals surface area contributed by atoms with Crippen LogP contribution in [0.1, 0.15) is 92.4 Å². The first kappa shape index (κ1) is 29.0. The molecule has 7 nitrogen and oxygen atoms in total. The first-order valence-corrected chi connectivity index (χ1v) is 13.7. The maximum atomic E-state index is 11.4. The smallest absolute Gasteiger partial charge is 0.302 e. The van der Waals surface area contributed by atoms with E-state index in [0.717, 1.165) is 31.6 Å². The summed E-state index contributed by atoms with van der Waals surface area (Å²) in [6.07, 6.45) is 12.2. The van der Waals surface area contributed by atoms with Crippen LogP contribution in [-0.2, 0) is 18.0 Å². The van der Waals surface area contributed by atoms with E-state index in [2.05, 4.69) is 42.6 Å². The van der Waals surface area contributed by atoms with Crippen LogP contribution in [0.25, 0.3) is 0 Å². The molecule has 3 unspecified atom stereocenters. The van der Waals surface area contributed by atoms with E-state index in [1.54, 1.807) is 0 Å². The van der Waals surface area contributed by atoms with E-state index >= 15 is 0 Å². The quantitative estimate of drug-likeness (QED) is 0.167. The van der Waals surface area contributed by atoms with Gasteiger partial charge < -0.3 is 14.7 Å². The molecule has 0 radical (unpaired) electrons. The summed E-state index contributed by atoms with van der Waals surface area (Å²) in [4.78, 5) is 26.3. The summed E-state index contributed by atoms with van der Waals surface area (Å²) in [5.41, 5.74) is 1.50. The molecule has 0 aliphatic rings. The topological polar surface area (TPSA) is 113 Å². The van der Waals surface area contributed by atoms with Crippen molar-refractivity contribution >= 4 is 15.6 Å². The van der Waals surface area contributed by atoms with Gasteiger partial charge in [-0.3, -0.25) is 4.52 Å². The third-order valence-corrected chi connectivity index (χ3v) is 7.16. The van der Waals surface area contributed by atoms with E-state index in [0.29, 0.717) is 18.3 Å². The van der Waals surface area contributed by atoms with Crippen LogP contribution in [0.15, 0.2) is 11.6 Å². The van der Waals surface area contributed by atoms with Crippen LogP contribution >= 0.6 is 15.6 Å². The molecule has 0 rings (SSSR count). The largest absolute Gasteiger partial charge is 0.481 e. The van der Waals surface area contributed by atoms with Crippen molar-refractivity contribution in [2.24, 2.45) is 17.8 Å². The molecule has 0 saturated carbocycles. The molecule has 3 atom stereocenters. The number of phosphoric ester groups is 1. The van der Waals surface area contributed by atoms with E-state index in [4.69, 9.17) is 9.79 Å². The zero-order valence-corrected chi connectivity index (χ0v) is 20.5. The second-order valence-corrected chi connectivity index (χ2v) is 11.5. The van der Waals surface area contributed by atoms with Crippen LogP contribution in [0.5, 0.6) is 0 Å². The fraction of sp³-hybridized carbons (Fsp3) is 0.900. The van der Waals surface area contributed by atoms with Gasteiger partial charge in [0.05, 0.1) is 6.61 Å². The highest BCUT2D eigenvalue weighted by molar-refractivity contribution is 7.60. The lowest BCUT2D eigenvalue weighted by Crippen LogP contribution is -2.03. The second kappa shape index (κ2) is 14.9. The Balaban J connectivity index is 3.86. The first-order chi connectivity index (χ1) is 13.3. The maximum Gasteiger partial charge on any atom is 0.481 e. The zero-order chi connectivity index (χ0) is 22.5. The maximum absolute atomic E-state index is 11.4. The van der Waals surface area contributed by atoms with Gasteiger partial charge in [0.2, 0.25) is 0 Å². The van der Waals surface area contributed by atoms with Crippen molar-refractivity contribution in [1.82, 2.24) is 0 Å². The van der Waals surface area contributed by atoms with E-state index in [-0.39, 0.29) is 6.61 Å². The Morgan fingerprint density at radius 2 is 1.48 bits per heavy atom. The molecule has 29 heavy (non-hydrogen) atoms. The van der Waals surface area contributed by atoms with Crippen molar-refractivity contribution in [2.45, 2.75) is 92.4 Å². The molecule has 0 aromatic rings. The van der Waals surface area contributed by atoms with Gasteiger partial charge in [-0.25, -0.2) is 9.13 Å². The van der Waals surface area contributed by atoms with Gasteiger partial charge in [0.1, 0.15) is 0 Å². The van der Waals surface area contributed by atoms with Crippen molar-refractivity contribution in [2.75, 3.05) is 6.61 Å². The molecule has 0 saturated heterocycles. The summed E-state index contributed by atoms with van der Waals surface area (Å²) in [5.74, 6) is 1.73. The van der Waals surface area contributed by atoms with Gasteiger partial charge in [0, 0.05) is 0 Å². The summed E-state index contributed by atoms with van der Waals surface area (Å²) in [5, 5.41) is 0. The highest BCUT2D eigenvalue weighted by Crippen LogP contribution is 2.57. The predicted molar refractivity (Wildman–Crippen MR) is 117 cm³/mol. The van der Waals surface area contributed by atoms with Gasteiger partial charge in [-0.2, -0.15) is 4.31 Å². The number of allylic oxidation sites excluding steroid dienone is 2. The number of phosphoric acid groups is 2. The molecule has 9 heteroatoms. The lowest BCUT2D eigenvalue weighted by Gasteiger charge is -2.16. The van der Waals surface area contributed by atoms with E-state index < -0.39 is 15.6 Å². The SMILES string of the molecule is C/C(=C\CCC(C)CCCC(C)CCOP(=O)(O)OP(=O)(O)O)CCCC(C)C. The van der Waals surface area contributed by atoms with Gasteiger partial charge >= 0.3 is 15.6 Å². The fourth-order valence-electron chi connectivity index (χ4n) is 3.14. The average molecular weight is 456 g/mol. The van der Waals surface area contributed by atoms with E-state index in [9.17, 15) is 14.0 Å². The molecule has 174 valence electrons. The Morgan fingerprint density at radius 3 is 2.03 bits per heavy atom. The minimum Gasteiger partial charge on any atom is -0.302 e. The van der Waals surface area contributed by atoms with Crippen LogP contribution < -0.4 is 0 Å². The van der Waals surface area contributed by atoms with Crippen LogP contribution in [0, 0.1) is 17.8 Å². The Bertz CT molecular complexity index is 557. The molecular weight excluding hydrogens is 414 g/mol. The molecular formula is C20H42O7P2. The first-order valence-electron chi connectivity index (χ1n) is 10.7. The third-order valence-electron chi connectivity index (χ3n) is 4.97. The molecule has 0 heterocycles. The zero-order valence-electron chi connectivity index (χ0n) is 18.7. The Labute approximate surface area is 177 Å². The molecule has 0 aromatic heterocycles. The monoisotopic (exact) mass is 456 g/mol. The molecule has 3 N–H and O–H groups in total. The number of rotatable bonds is 17. The minimum absolute atomic E-state index is 0.0780. The number of hydrogen-bond donors (Lipinski definition) is 3. The molecule has 0 fully saturated rings. The predicted octanol–water partition coefficient (Wildman–Crippen LogP) is 6.60. The normalized spacial score (nSPS) is 17.3. The molecule has 0 spiro atoms. The molecule has 0 amide bonds. The summed E-state index contributed by atoms with van der Waals surface area (Å²) in [6, 6.07) is 0. The summed E-state index contributed by atoms with van der Waals surface area (Å²) in [6.45, 7) is 11.0. The van der Waals surface area contributed by atoms with E-state index in [1.807, 2.05) is 6.92 Å². The van der Waals surface area contributed by atoms with Crippen LogP contribution in [-0.4, -0.2) is 21.3 Å². The highest BCUT2D eigenvalue weighted by atomic mass is 31.3. The van der Waals surface area contributed by atoms with Gasteiger partial charge in [-0.05, 0) is 56.8 Å². The summed E-state index contributed by atoms with van der Waals surface area (Å²) in [7, 11) is -9.76. The molecule has 0 aromatic carbocycles. The van der Waals surface area contributed by atoms with Crippen LogP contribution in [0.4, 0.5) is 0 Å². The standard InChI is InChI=1S/C20H42O7P2/c1-17(2)9-6-10-18(3)11-7-12-19(4)13-8-14-20(5)15-16-26-29(24,25)27-28(21,22)23/h11,17,19-20H,6-10,12-16H2,1-5H3,(H,24,25)(H2,21,22,23)/b18-11+. The van der Waals surface area contributed by atoms with Crippen molar-refractivity contribution in [3.63, 3.8) is 0 Å². The van der Waals surface area contributed by atoms with Crippen molar-refractivity contribution < 1.29 is 32.6 Å². The lowest BCUT2D eigenvalue weighted by molar-refractivity contribution is 0.169. The summed E-state index contributed by atoms with van der Waals surface area (Å²) < 4.78 is 30.3. The van der Waals surface area contributed by atoms with Crippen LogP contribution in [0.2, 0.25) is 0 Å². The minimum atomic E-state index is -5.05. The Morgan fingerprint density at radius 1 is 0.897 bits per heavy atom. The van der Waals surface area contributed by atoms with Crippen molar-refractivity contribution in [1.29, 1.82) is 0 Å². The van der Waals surface area contributed by atoms with Crippen molar-refractivity contribution in [3.05, 3.63) is 11.6 Å². The third kappa shape index (κ3) is 19.7. The Kier molecular flexibility index (Phi) is 14.9. The molecule has 0 aliphatic heterocycles. The lowest BCUT2D eigenvalue weighted by atomic mass is 9.94. The second-order valence-electron chi connectivity index (χ2n) is 8.72. The van der Waals surface area contributed by atoms with Gasteiger partial charge in [0.25, 0.3) is 0 Å². The van der Waals surface area contributed by atoms with Gasteiger partial charge in [-0.15, -0.1) is 0 Å². The Hall–Kier alpha value is -0.0000000000000000416. The highest BCUT2D eigenvalue weighted by Gasteiger charge is 2.32. The van der Waals surface area contributed by atoms with Gasteiger partial charge in [0.15, 0.2) is 0 Å². The molecule has 0 bridgehead atoms.